The number of fused-ring (bicyclic) bond motifs is 9. The first kappa shape index (κ1) is 35.6. The molecule has 0 saturated heterocycles. The fourth-order valence-corrected chi connectivity index (χ4v) is 18.7. The molecule has 3 nitrogen and oxygen atoms in total. The highest BCUT2D eigenvalue weighted by Gasteiger charge is 2.63. The lowest BCUT2D eigenvalue weighted by atomic mass is 9.42. The molecule has 7 aromatic carbocycles. The summed E-state index contributed by atoms with van der Waals surface area (Å²) in [5.74, 6) is 5.05. The highest BCUT2D eigenvalue weighted by atomic mass is 32.1. The zero-order valence-corrected chi connectivity index (χ0v) is 36.8. The van der Waals surface area contributed by atoms with Crippen molar-refractivity contribution >= 4 is 50.0 Å². The van der Waals surface area contributed by atoms with Gasteiger partial charge in [0.05, 0.1) is 0 Å². The number of rotatable bonds is 4. The van der Waals surface area contributed by atoms with Crippen LogP contribution in [0.15, 0.2) is 152 Å². The normalized spacial score (nSPS) is 23.2. The quantitative estimate of drug-likeness (QED) is 0.166. The fraction of sp³-hybridized carbons (Fsp3) is 0.211. The predicted octanol–water partition coefficient (Wildman–Crippen LogP) is 13.4. The van der Waals surface area contributed by atoms with Gasteiger partial charge in [0.1, 0.15) is 8.07 Å². The van der Waals surface area contributed by atoms with E-state index in [2.05, 4.69) is 165 Å². The van der Waals surface area contributed by atoms with Crippen LogP contribution in [0.25, 0.3) is 87.7 Å². The van der Waals surface area contributed by atoms with Crippen molar-refractivity contribution in [3.63, 3.8) is 0 Å². The summed E-state index contributed by atoms with van der Waals surface area (Å²) in [4.78, 5) is 16.5. The Morgan fingerprint density at radius 2 is 0.952 bits per heavy atom. The molecule has 2 aromatic heterocycles. The molecule has 15 rings (SSSR count). The van der Waals surface area contributed by atoms with Gasteiger partial charge in [-0.1, -0.05) is 153 Å². The van der Waals surface area contributed by atoms with E-state index in [0.717, 1.165) is 40.4 Å². The molecule has 0 N–H and O–H groups in total. The van der Waals surface area contributed by atoms with Crippen LogP contribution < -0.4 is 10.4 Å². The second-order valence-electron chi connectivity index (χ2n) is 19.5. The lowest BCUT2D eigenvalue weighted by molar-refractivity contribution is -0.0395. The maximum absolute atomic E-state index is 5.62. The third-order valence-corrected chi connectivity index (χ3v) is 20.9. The van der Waals surface area contributed by atoms with Gasteiger partial charge < -0.3 is 0 Å². The molecule has 5 aliphatic carbocycles. The van der Waals surface area contributed by atoms with Crippen LogP contribution in [0.2, 0.25) is 13.1 Å². The Bertz CT molecular complexity index is 3340. The largest absolute Gasteiger partial charge is 0.208 e. The molecule has 1 spiro atoms. The Labute approximate surface area is 367 Å². The van der Waals surface area contributed by atoms with Crippen molar-refractivity contribution in [1.29, 1.82) is 0 Å². The van der Waals surface area contributed by atoms with E-state index in [1.54, 1.807) is 15.9 Å². The second kappa shape index (κ2) is 12.8. The van der Waals surface area contributed by atoms with E-state index in [-0.39, 0.29) is 5.41 Å². The van der Waals surface area contributed by atoms with Crippen LogP contribution in [0.4, 0.5) is 0 Å². The van der Waals surface area contributed by atoms with E-state index >= 15 is 0 Å². The van der Waals surface area contributed by atoms with Gasteiger partial charge in [-0.25, -0.2) is 15.0 Å². The molecular weight excluding hydrogens is 787 g/mol. The standard InChI is InChI=1S/C57H45N3SSi/c1-62(2)49-27-9-7-17-39(49)44-22-13-23-45(53(44)62)42-20-10-18-40-41-19-11-24-46(51(41)57(50(40)42)36-29-33-28-34(31-36)32-37(57)30-33)55-58-54(35-14-4-3-5-15-35)59-56(60-55)47-25-12-21-43-38-16-6-8-26-48(38)61-52(43)47/h3-27,33-34,36-37H,28-32H2,1-2H3. The smallest absolute Gasteiger partial charge is 0.165 e. The predicted molar refractivity (Wildman–Crippen MR) is 260 cm³/mol. The summed E-state index contributed by atoms with van der Waals surface area (Å²) in [6, 6.07) is 56.8. The third kappa shape index (κ3) is 4.68. The van der Waals surface area contributed by atoms with Gasteiger partial charge in [0.15, 0.2) is 17.5 Å². The average molecular weight is 832 g/mol. The molecule has 1 aliphatic heterocycles. The highest BCUT2D eigenvalue weighted by molar-refractivity contribution is 7.26. The first-order valence-corrected chi connectivity index (χ1v) is 26.5. The summed E-state index contributed by atoms with van der Waals surface area (Å²) in [6.07, 6.45) is 6.63. The molecule has 6 aliphatic rings. The molecule has 0 unspecified atom stereocenters. The summed E-state index contributed by atoms with van der Waals surface area (Å²) < 4.78 is 2.51. The van der Waals surface area contributed by atoms with E-state index in [1.807, 2.05) is 11.3 Å². The molecule has 3 heterocycles. The minimum Gasteiger partial charge on any atom is -0.208 e. The molecule has 0 amide bonds. The molecule has 4 bridgehead atoms. The van der Waals surface area contributed by atoms with Gasteiger partial charge >= 0.3 is 0 Å². The number of nitrogens with zero attached hydrogens (tertiary/aromatic N) is 3. The fourth-order valence-electron chi connectivity index (χ4n) is 14.1. The molecule has 298 valence electrons. The number of aromatic nitrogens is 3. The third-order valence-electron chi connectivity index (χ3n) is 16.1. The van der Waals surface area contributed by atoms with Crippen molar-refractivity contribution in [3.05, 3.63) is 163 Å². The molecule has 0 atom stereocenters. The monoisotopic (exact) mass is 831 g/mol. The van der Waals surface area contributed by atoms with Crippen LogP contribution in [-0.2, 0) is 5.41 Å². The van der Waals surface area contributed by atoms with E-state index in [0.29, 0.717) is 11.8 Å². The summed E-state index contributed by atoms with van der Waals surface area (Å²) in [7, 11) is -2.01. The number of hydrogen-bond acceptors (Lipinski definition) is 4. The van der Waals surface area contributed by atoms with E-state index in [1.165, 1.54) is 96.8 Å². The first-order chi connectivity index (χ1) is 30.5. The lowest BCUT2D eigenvalue weighted by Gasteiger charge is -2.61. The van der Waals surface area contributed by atoms with Crippen molar-refractivity contribution < 1.29 is 0 Å². The topological polar surface area (TPSA) is 38.7 Å². The maximum atomic E-state index is 5.62. The molecule has 62 heavy (non-hydrogen) atoms. The van der Waals surface area contributed by atoms with Crippen molar-refractivity contribution in [2.75, 3.05) is 0 Å². The van der Waals surface area contributed by atoms with Crippen LogP contribution in [0, 0.1) is 23.7 Å². The van der Waals surface area contributed by atoms with Crippen LogP contribution >= 0.6 is 11.3 Å². The van der Waals surface area contributed by atoms with Gasteiger partial charge in [0.2, 0.25) is 0 Å². The molecule has 9 aromatic rings. The number of hydrogen-bond donors (Lipinski definition) is 0. The SMILES string of the molecule is C[Si]1(C)c2ccccc2-c2cccc(-c3cccc4c3C3(c5c(-c6nc(-c7ccccc7)nc(-c7cccc8c7sc7ccccc78)n6)cccc5-4)C4CC5CC(C4)CC3C5)c21. The molecule has 4 saturated carbocycles. The Morgan fingerprint density at radius 3 is 1.69 bits per heavy atom. The Kier molecular flexibility index (Phi) is 7.33. The lowest BCUT2D eigenvalue weighted by Crippen LogP contribution is -2.55. The van der Waals surface area contributed by atoms with Gasteiger partial charge in [0.25, 0.3) is 0 Å². The summed E-state index contributed by atoms with van der Waals surface area (Å²) in [6.45, 7) is 5.16. The van der Waals surface area contributed by atoms with E-state index in [4.69, 9.17) is 15.0 Å². The van der Waals surface area contributed by atoms with Crippen LogP contribution in [-0.4, -0.2) is 23.0 Å². The zero-order valence-electron chi connectivity index (χ0n) is 35.0. The summed E-state index contributed by atoms with van der Waals surface area (Å²) in [5, 5.41) is 5.71. The zero-order chi connectivity index (χ0) is 40.9. The Morgan fingerprint density at radius 1 is 0.452 bits per heavy atom. The van der Waals surface area contributed by atoms with Crippen molar-refractivity contribution in [3.8, 4) is 67.5 Å². The van der Waals surface area contributed by atoms with Gasteiger partial charge in [0, 0.05) is 42.3 Å². The van der Waals surface area contributed by atoms with Gasteiger partial charge in [-0.05, 0) is 123 Å². The first-order valence-electron chi connectivity index (χ1n) is 22.7. The van der Waals surface area contributed by atoms with Crippen molar-refractivity contribution in [2.45, 2.75) is 50.6 Å². The van der Waals surface area contributed by atoms with Crippen LogP contribution in [0.5, 0.6) is 0 Å². The minimum absolute atomic E-state index is 0.129. The van der Waals surface area contributed by atoms with Crippen molar-refractivity contribution in [1.82, 2.24) is 15.0 Å². The summed E-state index contributed by atoms with van der Waals surface area (Å²) >= 11 is 1.84. The van der Waals surface area contributed by atoms with E-state index in [9.17, 15) is 0 Å². The van der Waals surface area contributed by atoms with Gasteiger partial charge in [-0.2, -0.15) is 0 Å². The molecule has 5 heteroatoms. The molecular formula is C57H45N3SSi. The van der Waals surface area contributed by atoms with E-state index < -0.39 is 8.07 Å². The second-order valence-corrected chi connectivity index (χ2v) is 24.8. The Balaban J connectivity index is 1.04. The van der Waals surface area contributed by atoms with Crippen LogP contribution in [0.3, 0.4) is 0 Å². The molecule has 4 fully saturated rings. The number of thiophene rings is 1. The highest BCUT2D eigenvalue weighted by Crippen LogP contribution is 2.71. The summed E-state index contributed by atoms with van der Waals surface area (Å²) in [5.41, 5.74) is 14.8. The van der Waals surface area contributed by atoms with Gasteiger partial charge in [-0.15, -0.1) is 11.3 Å². The van der Waals surface area contributed by atoms with Crippen molar-refractivity contribution in [2.24, 2.45) is 23.7 Å². The average Bonchev–Trinajstić information content (AvgIpc) is 3.92. The maximum Gasteiger partial charge on any atom is 0.165 e. The molecule has 0 radical (unpaired) electrons. The minimum atomic E-state index is -2.01. The number of benzene rings is 7. The van der Waals surface area contributed by atoms with Gasteiger partial charge in [-0.3, -0.25) is 0 Å². The van der Waals surface area contributed by atoms with Crippen LogP contribution in [0.1, 0.15) is 43.2 Å². The Hall–Kier alpha value is -6.01.